The molecule has 0 saturated carbocycles. The molecule has 9 nitrogen and oxygen atoms in total. The summed E-state index contributed by atoms with van der Waals surface area (Å²) in [4.78, 5) is 46.2. The molecule has 9 heteroatoms. The highest BCUT2D eigenvalue weighted by atomic mass is 16.5. The van der Waals surface area contributed by atoms with Crippen LogP contribution in [0.4, 0.5) is 0 Å². The smallest absolute Gasteiger partial charge is 0.257 e. The molecule has 3 fully saturated rings. The topological polar surface area (TPSA) is 88.6 Å². The average molecular weight is 522 g/mol. The van der Waals surface area contributed by atoms with Gasteiger partial charge in [-0.05, 0) is 49.6 Å². The monoisotopic (exact) mass is 521 g/mol. The molecule has 3 saturated heterocycles. The first kappa shape index (κ1) is 26.0. The lowest BCUT2D eigenvalue weighted by Gasteiger charge is -2.45. The number of ether oxygens (including phenoxy) is 3. The van der Waals surface area contributed by atoms with Crippen molar-refractivity contribution >= 4 is 17.7 Å². The molecule has 5 rings (SSSR count). The molecule has 0 N–H and O–H groups in total. The Morgan fingerprint density at radius 1 is 0.868 bits per heavy atom. The second-order valence-corrected chi connectivity index (χ2v) is 10.2. The van der Waals surface area contributed by atoms with Crippen LogP contribution in [0.25, 0.3) is 0 Å². The first-order valence-electron chi connectivity index (χ1n) is 13.2. The van der Waals surface area contributed by atoms with Crippen molar-refractivity contribution in [3.63, 3.8) is 0 Å². The van der Waals surface area contributed by atoms with Gasteiger partial charge in [-0.1, -0.05) is 18.2 Å². The number of piperidine rings is 1. The van der Waals surface area contributed by atoms with Crippen LogP contribution in [0, 0.1) is 6.92 Å². The summed E-state index contributed by atoms with van der Waals surface area (Å²) < 4.78 is 17.0. The van der Waals surface area contributed by atoms with Gasteiger partial charge in [0.25, 0.3) is 11.8 Å². The van der Waals surface area contributed by atoms with E-state index < -0.39 is 11.8 Å². The van der Waals surface area contributed by atoms with Gasteiger partial charge in [0.15, 0.2) is 11.5 Å². The predicted molar refractivity (Wildman–Crippen MR) is 140 cm³/mol. The van der Waals surface area contributed by atoms with Crippen LogP contribution in [0.15, 0.2) is 42.5 Å². The lowest BCUT2D eigenvalue weighted by Crippen LogP contribution is -2.60. The van der Waals surface area contributed by atoms with Gasteiger partial charge in [-0.25, -0.2) is 0 Å². The number of benzene rings is 2. The van der Waals surface area contributed by atoms with Crippen LogP contribution in [0.2, 0.25) is 0 Å². The molecule has 2 aromatic carbocycles. The molecule has 3 aliphatic heterocycles. The summed E-state index contributed by atoms with van der Waals surface area (Å²) in [5.74, 6) is 0.674. The van der Waals surface area contributed by atoms with Crippen LogP contribution in [0.3, 0.4) is 0 Å². The number of amides is 3. The Hall–Kier alpha value is -3.59. The molecule has 38 heavy (non-hydrogen) atoms. The van der Waals surface area contributed by atoms with Crippen LogP contribution in [0.5, 0.6) is 11.5 Å². The normalized spacial score (nSPS) is 20.6. The fraction of sp³-hybridized carbons (Fsp3) is 0.483. The van der Waals surface area contributed by atoms with E-state index in [9.17, 15) is 14.4 Å². The largest absolute Gasteiger partial charge is 0.493 e. The maximum Gasteiger partial charge on any atom is 0.257 e. The van der Waals surface area contributed by atoms with Gasteiger partial charge in [0.05, 0.1) is 20.8 Å². The third-order valence-electron chi connectivity index (χ3n) is 8.02. The fourth-order valence-electron chi connectivity index (χ4n) is 5.86. The van der Waals surface area contributed by atoms with Crippen molar-refractivity contribution < 1.29 is 28.6 Å². The number of carbonyl (C=O) groups is 3. The fourth-order valence-corrected chi connectivity index (χ4v) is 5.86. The molecule has 0 bridgehead atoms. The van der Waals surface area contributed by atoms with E-state index in [0.29, 0.717) is 61.6 Å². The number of nitrogens with zero attached hydrogens (tertiary/aromatic N) is 3. The first-order valence-corrected chi connectivity index (χ1v) is 13.2. The first-order chi connectivity index (χ1) is 18.4. The number of likely N-dealkylation sites (tertiary alicyclic amines) is 2. The van der Waals surface area contributed by atoms with Crippen molar-refractivity contribution in [2.45, 2.75) is 44.4 Å². The van der Waals surface area contributed by atoms with E-state index in [1.165, 1.54) is 7.11 Å². The Balaban J connectivity index is 1.39. The van der Waals surface area contributed by atoms with E-state index in [1.807, 2.05) is 30.0 Å². The van der Waals surface area contributed by atoms with Gasteiger partial charge in [-0.3, -0.25) is 19.3 Å². The van der Waals surface area contributed by atoms with Crippen molar-refractivity contribution in [3.05, 3.63) is 59.2 Å². The van der Waals surface area contributed by atoms with E-state index in [0.717, 1.165) is 18.4 Å². The molecular weight excluding hydrogens is 486 g/mol. The highest BCUT2D eigenvalue weighted by Gasteiger charge is 2.55. The van der Waals surface area contributed by atoms with Gasteiger partial charge >= 0.3 is 0 Å². The molecular formula is C29H35N3O6. The van der Waals surface area contributed by atoms with Crippen molar-refractivity contribution in [2.24, 2.45) is 0 Å². The molecule has 3 aliphatic rings. The second kappa shape index (κ2) is 10.6. The molecule has 3 amide bonds. The summed E-state index contributed by atoms with van der Waals surface area (Å²) in [6, 6.07) is 11.9. The minimum atomic E-state index is -0.937. The number of aryl methyl sites for hydroxylation is 1. The maximum absolute atomic E-state index is 14.0. The zero-order valence-electron chi connectivity index (χ0n) is 22.3. The lowest BCUT2D eigenvalue weighted by atomic mass is 9.95. The van der Waals surface area contributed by atoms with E-state index >= 15 is 0 Å². The van der Waals surface area contributed by atoms with Crippen molar-refractivity contribution in [1.29, 1.82) is 0 Å². The molecule has 3 heterocycles. The standard InChI is InChI=1S/C29H35N3O6/c1-20-8-4-5-9-22(20)27(34)32-23(28(35)30-14-6-7-15-30)19-38-29(32)12-16-31(17-13-29)26(33)21-10-11-24(36-2)25(18-21)37-3/h4-5,8-11,18,23H,6-7,12-17,19H2,1-3H3/t23-/m0/s1. The quantitative estimate of drug-likeness (QED) is 0.601. The van der Waals surface area contributed by atoms with Crippen LogP contribution in [-0.2, 0) is 9.53 Å². The summed E-state index contributed by atoms with van der Waals surface area (Å²) in [7, 11) is 3.09. The van der Waals surface area contributed by atoms with Gasteiger partial charge < -0.3 is 24.0 Å². The van der Waals surface area contributed by atoms with E-state index in [4.69, 9.17) is 14.2 Å². The molecule has 0 aliphatic carbocycles. The molecule has 1 atom stereocenters. The van der Waals surface area contributed by atoms with Crippen LogP contribution >= 0.6 is 0 Å². The molecule has 1 spiro atoms. The highest BCUT2D eigenvalue weighted by molar-refractivity contribution is 5.99. The van der Waals surface area contributed by atoms with Gasteiger partial charge in [0.2, 0.25) is 5.91 Å². The number of rotatable bonds is 5. The summed E-state index contributed by atoms with van der Waals surface area (Å²) >= 11 is 0. The molecule has 0 aromatic heterocycles. The third kappa shape index (κ3) is 4.60. The third-order valence-corrected chi connectivity index (χ3v) is 8.02. The van der Waals surface area contributed by atoms with Gasteiger partial charge in [0.1, 0.15) is 11.8 Å². The SMILES string of the molecule is COc1ccc(C(=O)N2CCC3(CC2)OC[C@@H](C(=O)N2CCCC2)N3C(=O)c2ccccc2C)cc1OC. The van der Waals surface area contributed by atoms with E-state index in [2.05, 4.69) is 0 Å². The predicted octanol–water partition coefficient (Wildman–Crippen LogP) is 3.11. The number of carbonyl (C=O) groups excluding carboxylic acids is 3. The van der Waals surface area contributed by atoms with Crippen LogP contribution in [-0.4, -0.2) is 91.2 Å². The van der Waals surface area contributed by atoms with Gasteiger partial charge in [-0.2, -0.15) is 0 Å². The highest BCUT2D eigenvalue weighted by Crippen LogP contribution is 2.40. The Kier molecular flexibility index (Phi) is 7.29. The maximum atomic E-state index is 14.0. The van der Waals surface area contributed by atoms with Gasteiger partial charge in [0, 0.05) is 50.1 Å². The molecule has 0 radical (unpaired) electrons. The van der Waals surface area contributed by atoms with Crippen LogP contribution in [0.1, 0.15) is 52.0 Å². The Morgan fingerprint density at radius 2 is 1.55 bits per heavy atom. The molecule has 2 aromatic rings. The number of methoxy groups -OCH3 is 2. The minimum absolute atomic E-state index is 0.0508. The Bertz CT molecular complexity index is 1220. The van der Waals surface area contributed by atoms with Gasteiger partial charge in [-0.15, -0.1) is 0 Å². The number of hydrogen-bond donors (Lipinski definition) is 0. The lowest BCUT2D eigenvalue weighted by molar-refractivity contribution is -0.136. The zero-order valence-corrected chi connectivity index (χ0v) is 22.3. The Morgan fingerprint density at radius 3 is 2.21 bits per heavy atom. The number of hydrogen-bond acceptors (Lipinski definition) is 6. The second-order valence-electron chi connectivity index (χ2n) is 10.2. The summed E-state index contributed by atoms with van der Waals surface area (Å²) in [6.07, 6.45) is 2.80. The van der Waals surface area contributed by atoms with Crippen molar-refractivity contribution in [3.8, 4) is 11.5 Å². The van der Waals surface area contributed by atoms with E-state index in [1.54, 1.807) is 41.2 Å². The van der Waals surface area contributed by atoms with Crippen molar-refractivity contribution in [2.75, 3.05) is 47.0 Å². The average Bonchev–Trinajstić information content (AvgIpc) is 3.61. The Labute approximate surface area is 223 Å². The summed E-state index contributed by atoms with van der Waals surface area (Å²) in [5, 5.41) is 0. The van der Waals surface area contributed by atoms with Crippen molar-refractivity contribution in [1.82, 2.24) is 14.7 Å². The minimum Gasteiger partial charge on any atom is -0.493 e. The van der Waals surface area contributed by atoms with Crippen LogP contribution < -0.4 is 9.47 Å². The molecule has 0 unspecified atom stereocenters. The zero-order chi connectivity index (χ0) is 26.9. The van der Waals surface area contributed by atoms with E-state index in [-0.39, 0.29) is 24.3 Å². The summed E-state index contributed by atoms with van der Waals surface area (Å²) in [5.41, 5.74) is 0.989. The molecule has 202 valence electrons. The summed E-state index contributed by atoms with van der Waals surface area (Å²) in [6.45, 7) is 4.28.